The lowest BCUT2D eigenvalue weighted by molar-refractivity contribution is 0.118. The molecular formula is C11H19ClN4. The van der Waals surface area contributed by atoms with Crippen LogP contribution in [-0.2, 0) is 13.6 Å². The quantitative estimate of drug-likeness (QED) is 0.714. The molecule has 2 rings (SSSR count). The third-order valence-corrected chi connectivity index (χ3v) is 3.45. The first-order valence-electron chi connectivity index (χ1n) is 5.95. The molecule has 0 spiro atoms. The maximum absolute atomic E-state index is 5.76. The molecule has 16 heavy (non-hydrogen) atoms. The highest BCUT2D eigenvalue weighted by molar-refractivity contribution is 6.17. The van der Waals surface area contributed by atoms with Gasteiger partial charge in [0.25, 0.3) is 0 Å². The fourth-order valence-electron chi connectivity index (χ4n) is 2.08. The van der Waals surface area contributed by atoms with Crippen LogP contribution in [0.25, 0.3) is 0 Å². The average molecular weight is 243 g/mol. The lowest BCUT2D eigenvalue weighted by atomic mass is 9.91. The average Bonchev–Trinajstić information content (AvgIpc) is 2.58. The molecule has 1 aromatic rings. The third kappa shape index (κ3) is 2.95. The summed E-state index contributed by atoms with van der Waals surface area (Å²) in [6.07, 6.45) is 7.05. The first kappa shape index (κ1) is 11.9. The number of aryl methyl sites for hydroxylation is 1. The van der Waals surface area contributed by atoms with E-state index in [1.54, 1.807) is 4.68 Å². The zero-order chi connectivity index (χ0) is 11.4. The van der Waals surface area contributed by atoms with Gasteiger partial charge in [0.2, 0.25) is 0 Å². The molecule has 0 unspecified atom stereocenters. The highest BCUT2D eigenvalue weighted by atomic mass is 35.5. The van der Waals surface area contributed by atoms with E-state index in [-0.39, 0.29) is 0 Å². The van der Waals surface area contributed by atoms with Crippen LogP contribution < -0.4 is 0 Å². The Labute approximate surface area is 102 Å². The number of alkyl halides is 1. The normalized spacial score (nSPS) is 16.7. The fourth-order valence-corrected chi connectivity index (χ4v) is 2.20. The molecule has 1 aliphatic carbocycles. The molecule has 0 N–H and O–H groups in total. The van der Waals surface area contributed by atoms with Crippen LogP contribution in [0.15, 0.2) is 6.20 Å². The molecule has 1 saturated carbocycles. The van der Waals surface area contributed by atoms with Crippen LogP contribution >= 0.6 is 11.6 Å². The van der Waals surface area contributed by atoms with Gasteiger partial charge in [-0.15, -0.1) is 16.7 Å². The van der Waals surface area contributed by atoms with E-state index in [9.17, 15) is 0 Å². The van der Waals surface area contributed by atoms with Crippen molar-refractivity contribution in [2.45, 2.75) is 38.3 Å². The maximum atomic E-state index is 5.76. The van der Waals surface area contributed by atoms with Crippen molar-refractivity contribution in [2.75, 3.05) is 12.4 Å². The van der Waals surface area contributed by atoms with Crippen molar-refractivity contribution in [3.8, 4) is 0 Å². The lowest BCUT2D eigenvalue weighted by Gasteiger charge is -2.37. The van der Waals surface area contributed by atoms with Gasteiger partial charge in [-0.25, -0.2) is 0 Å². The van der Waals surface area contributed by atoms with Crippen molar-refractivity contribution in [2.24, 2.45) is 7.05 Å². The first-order chi connectivity index (χ1) is 7.79. The smallest absolute Gasteiger partial charge is 0.0967 e. The van der Waals surface area contributed by atoms with Gasteiger partial charge in [0.1, 0.15) is 0 Å². The summed E-state index contributed by atoms with van der Waals surface area (Å²) < 4.78 is 1.76. The zero-order valence-electron chi connectivity index (χ0n) is 9.77. The number of nitrogens with zero attached hydrogens (tertiary/aromatic N) is 4. The van der Waals surface area contributed by atoms with Crippen LogP contribution in [0.1, 0.15) is 31.4 Å². The van der Waals surface area contributed by atoms with Crippen LogP contribution in [0, 0.1) is 0 Å². The molecule has 90 valence electrons. The van der Waals surface area contributed by atoms with Crippen LogP contribution in [0.2, 0.25) is 0 Å². The number of aromatic nitrogens is 3. The summed E-state index contributed by atoms with van der Waals surface area (Å²) in [4.78, 5) is 2.50. The van der Waals surface area contributed by atoms with E-state index >= 15 is 0 Å². The van der Waals surface area contributed by atoms with E-state index in [2.05, 4.69) is 15.2 Å². The van der Waals surface area contributed by atoms with Crippen LogP contribution in [0.4, 0.5) is 0 Å². The number of hydrogen-bond donors (Lipinski definition) is 0. The third-order valence-electron chi connectivity index (χ3n) is 3.19. The molecule has 0 bridgehead atoms. The fraction of sp³-hybridized carbons (Fsp3) is 0.818. The summed E-state index contributed by atoms with van der Waals surface area (Å²) in [6.45, 7) is 1.99. The van der Waals surface area contributed by atoms with E-state index in [1.807, 2.05) is 13.2 Å². The second-order valence-corrected chi connectivity index (χ2v) is 4.86. The summed E-state index contributed by atoms with van der Waals surface area (Å²) >= 11 is 5.76. The highest BCUT2D eigenvalue weighted by Gasteiger charge is 2.25. The predicted octanol–water partition coefficient (Wildman–Crippen LogP) is 1.80. The Bertz CT molecular complexity index is 322. The molecule has 0 amide bonds. The molecule has 1 aromatic heterocycles. The van der Waals surface area contributed by atoms with Crippen molar-refractivity contribution in [3.63, 3.8) is 0 Å². The molecule has 1 heterocycles. The first-order valence-corrected chi connectivity index (χ1v) is 6.48. The number of hydrogen-bond acceptors (Lipinski definition) is 3. The summed E-state index contributed by atoms with van der Waals surface area (Å²) in [5.41, 5.74) is 1.06. The number of halogens is 1. The van der Waals surface area contributed by atoms with E-state index in [0.29, 0.717) is 0 Å². The summed E-state index contributed by atoms with van der Waals surface area (Å²) in [5, 5.41) is 8.11. The number of rotatable bonds is 6. The highest BCUT2D eigenvalue weighted by Crippen LogP contribution is 2.26. The zero-order valence-corrected chi connectivity index (χ0v) is 10.5. The molecule has 0 aliphatic heterocycles. The van der Waals surface area contributed by atoms with Crippen LogP contribution in [0.3, 0.4) is 0 Å². The summed E-state index contributed by atoms with van der Waals surface area (Å²) in [6, 6.07) is 0.741. The van der Waals surface area contributed by atoms with E-state index < -0.39 is 0 Å². The van der Waals surface area contributed by atoms with E-state index in [0.717, 1.165) is 37.1 Å². The van der Waals surface area contributed by atoms with Crippen molar-refractivity contribution in [1.82, 2.24) is 19.9 Å². The van der Waals surface area contributed by atoms with Gasteiger partial charge >= 0.3 is 0 Å². The minimum Gasteiger partial charge on any atom is -0.294 e. The molecular weight excluding hydrogens is 224 g/mol. The van der Waals surface area contributed by atoms with Gasteiger partial charge in [0, 0.05) is 31.7 Å². The van der Waals surface area contributed by atoms with Gasteiger partial charge in [-0.2, -0.15) is 0 Å². The Morgan fingerprint density at radius 1 is 1.56 bits per heavy atom. The van der Waals surface area contributed by atoms with Gasteiger partial charge in [-0.05, 0) is 25.8 Å². The van der Waals surface area contributed by atoms with E-state index in [1.165, 1.54) is 19.3 Å². The SMILES string of the molecule is Cn1cc(CN(CCCCl)C2CCC2)nn1. The standard InChI is InChI=1S/C11H19ClN4/c1-15-8-10(13-14-15)9-16(7-3-6-12)11-4-2-5-11/h8,11H,2-7,9H2,1H3. The van der Waals surface area contributed by atoms with Gasteiger partial charge in [-0.1, -0.05) is 11.6 Å². The van der Waals surface area contributed by atoms with Gasteiger partial charge < -0.3 is 0 Å². The van der Waals surface area contributed by atoms with Crippen LogP contribution in [-0.4, -0.2) is 38.4 Å². The molecule has 4 nitrogen and oxygen atoms in total. The monoisotopic (exact) mass is 242 g/mol. The molecule has 0 atom stereocenters. The lowest BCUT2D eigenvalue weighted by Crippen LogP contribution is -2.40. The van der Waals surface area contributed by atoms with Crippen molar-refractivity contribution in [1.29, 1.82) is 0 Å². The summed E-state index contributed by atoms with van der Waals surface area (Å²) in [7, 11) is 1.91. The molecule has 0 saturated heterocycles. The Kier molecular flexibility index (Phi) is 4.18. The molecule has 0 radical (unpaired) electrons. The van der Waals surface area contributed by atoms with Crippen molar-refractivity contribution >= 4 is 11.6 Å². The molecule has 5 heteroatoms. The Morgan fingerprint density at radius 2 is 2.38 bits per heavy atom. The Hall–Kier alpha value is -0.610. The maximum Gasteiger partial charge on any atom is 0.0967 e. The van der Waals surface area contributed by atoms with Gasteiger partial charge in [-0.3, -0.25) is 9.58 Å². The van der Waals surface area contributed by atoms with Gasteiger partial charge in [0.05, 0.1) is 5.69 Å². The minimum atomic E-state index is 0.740. The Balaban J connectivity index is 1.90. The van der Waals surface area contributed by atoms with Gasteiger partial charge in [0.15, 0.2) is 0 Å². The Morgan fingerprint density at radius 3 is 2.88 bits per heavy atom. The predicted molar refractivity (Wildman–Crippen MR) is 64.4 cm³/mol. The second kappa shape index (κ2) is 5.64. The van der Waals surface area contributed by atoms with Crippen molar-refractivity contribution < 1.29 is 0 Å². The molecule has 0 aromatic carbocycles. The molecule has 1 fully saturated rings. The van der Waals surface area contributed by atoms with Crippen LogP contribution in [0.5, 0.6) is 0 Å². The van der Waals surface area contributed by atoms with E-state index in [4.69, 9.17) is 11.6 Å². The topological polar surface area (TPSA) is 34.0 Å². The second-order valence-electron chi connectivity index (χ2n) is 4.48. The minimum absolute atomic E-state index is 0.740. The molecule has 1 aliphatic rings. The largest absolute Gasteiger partial charge is 0.294 e. The van der Waals surface area contributed by atoms with Crippen molar-refractivity contribution in [3.05, 3.63) is 11.9 Å². The summed E-state index contributed by atoms with van der Waals surface area (Å²) in [5.74, 6) is 0.740.